The highest BCUT2D eigenvalue weighted by Gasteiger charge is 2.28. The number of nitrogens with two attached hydrogens (primary N) is 1. The van der Waals surface area contributed by atoms with E-state index in [1.807, 2.05) is 7.05 Å². The number of aromatic nitrogens is 3. The zero-order chi connectivity index (χ0) is 22.3. The number of piperazine rings is 1. The van der Waals surface area contributed by atoms with E-state index in [-0.39, 0.29) is 27.3 Å². The molecule has 1 amide bonds. The van der Waals surface area contributed by atoms with Crippen molar-refractivity contribution in [2.24, 2.45) is 7.05 Å². The zero-order valence-electron chi connectivity index (χ0n) is 17.4. The van der Waals surface area contributed by atoms with Gasteiger partial charge in [-0.1, -0.05) is 17.4 Å². The van der Waals surface area contributed by atoms with E-state index in [4.69, 9.17) is 5.73 Å². The number of amides is 1. The molecule has 3 aromatic rings. The lowest BCUT2D eigenvalue weighted by atomic mass is 10.2. The lowest BCUT2D eigenvalue weighted by Gasteiger charge is -2.39. The molecule has 0 saturated carbocycles. The number of nitrogens with one attached hydrogen (secondary N) is 1. The highest BCUT2D eigenvalue weighted by atomic mass is 32.1. The molecule has 31 heavy (non-hydrogen) atoms. The van der Waals surface area contributed by atoms with Crippen LogP contribution in [0.15, 0.2) is 24.4 Å². The topological polar surface area (TPSA) is 92.3 Å². The summed E-state index contributed by atoms with van der Waals surface area (Å²) in [6, 6.07) is 3.76. The number of anilines is 3. The van der Waals surface area contributed by atoms with Crippen molar-refractivity contribution in [2.75, 3.05) is 42.6 Å². The molecule has 0 spiro atoms. The van der Waals surface area contributed by atoms with Gasteiger partial charge in [0.1, 0.15) is 27.3 Å². The predicted octanol–water partition coefficient (Wildman–Crippen LogP) is 2.80. The first kappa shape index (κ1) is 21.2. The Bertz CT molecular complexity index is 1110. The molecule has 1 aliphatic heterocycles. The third-order valence-corrected chi connectivity index (χ3v) is 6.21. The Hall–Kier alpha value is -3.05. The second kappa shape index (κ2) is 8.23. The molecular weight excluding hydrogens is 424 g/mol. The number of thiazole rings is 1. The lowest BCUT2D eigenvalue weighted by molar-refractivity contribution is 0.102. The van der Waals surface area contributed by atoms with Gasteiger partial charge in [-0.3, -0.25) is 9.48 Å². The van der Waals surface area contributed by atoms with Gasteiger partial charge < -0.3 is 20.9 Å². The van der Waals surface area contributed by atoms with Crippen molar-refractivity contribution in [3.05, 3.63) is 41.7 Å². The summed E-state index contributed by atoms with van der Waals surface area (Å²) in [6.45, 7) is 4.67. The molecule has 164 valence electrons. The maximum atomic E-state index is 14.1. The van der Waals surface area contributed by atoms with Crippen LogP contribution >= 0.6 is 11.3 Å². The van der Waals surface area contributed by atoms with Crippen molar-refractivity contribution in [1.29, 1.82) is 0 Å². The maximum Gasteiger partial charge on any atom is 0.277 e. The zero-order valence-corrected chi connectivity index (χ0v) is 18.2. The van der Waals surface area contributed by atoms with Crippen LogP contribution in [0.3, 0.4) is 0 Å². The van der Waals surface area contributed by atoms with E-state index in [1.54, 1.807) is 10.9 Å². The van der Waals surface area contributed by atoms with E-state index in [1.165, 1.54) is 6.07 Å². The lowest BCUT2D eigenvalue weighted by Crippen LogP contribution is -2.51. The summed E-state index contributed by atoms with van der Waals surface area (Å²) < 4.78 is 29.9. The summed E-state index contributed by atoms with van der Waals surface area (Å²) in [4.78, 5) is 21.5. The first-order valence-corrected chi connectivity index (χ1v) is 10.6. The normalized spacial score (nSPS) is 17.2. The minimum Gasteiger partial charge on any atom is -0.389 e. The first-order chi connectivity index (χ1) is 14.8. The number of carbonyl (C=O) groups excluding carboxylic acids is 1. The molecule has 8 nitrogen and oxygen atoms in total. The average Bonchev–Trinajstić information content (AvgIpc) is 3.25. The number of hydrogen-bond acceptors (Lipinski definition) is 7. The molecule has 1 aromatic carbocycles. The fourth-order valence-electron chi connectivity index (χ4n) is 3.80. The van der Waals surface area contributed by atoms with Crippen molar-refractivity contribution >= 4 is 33.8 Å². The predicted molar refractivity (Wildman–Crippen MR) is 117 cm³/mol. The van der Waals surface area contributed by atoms with Crippen LogP contribution in [0.2, 0.25) is 0 Å². The van der Waals surface area contributed by atoms with Crippen LogP contribution < -0.4 is 16.0 Å². The molecule has 0 radical (unpaired) electrons. The van der Waals surface area contributed by atoms with Crippen molar-refractivity contribution in [2.45, 2.75) is 13.0 Å². The van der Waals surface area contributed by atoms with E-state index in [2.05, 4.69) is 39.2 Å². The largest absolute Gasteiger partial charge is 0.389 e. The maximum absolute atomic E-state index is 14.1. The fourth-order valence-corrected chi connectivity index (χ4v) is 4.68. The van der Waals surface area contributed by atoms with E-state index in [9.17, 15) is 13.6 Å². The van der Waals surface area contributed by atoms with Gasteiger partial charge in [0.25, 0.3) is 5.91 Å². The smallest absolute Gasteiger partial charge is 0.277 e. The Kier molecular flexibility index (Phi) is 5.63. The van der Waals surface area contributed by atoms with Gasteiger partial charge in [0.05, 0.1) is 11.8 Å². The molecule has 1 aliphatic rings. The number of carbonyl (C=O) groups is 1. The van der Waals surface area contributed by atoms with Crippen LogP contribution in [0.1, 0.15) is 17.4 Å². The Balaban J connectivity index is 1.61. The van der Waals surface area contributed by atoms with Gasteiger partial charge >= 0.3 is 0 Å². The van der Waals surface area contributed by atoms with Gasteiger partial charge in [0.2, 0.25) is 0 Å². The fraction of sp³-hybridized carbons (Fsp3) is 0.350. The monoisotopic (exact) mass is 447 g/mol. The van der Waals surface area contributed by atoms with E-state index >= 15 is 0 Å². The SMILES string of the molecule is C[C@H]1CN(C)CCN1c1c(NC(=O)c2nc(-c3c(F)cccc3F)sc2N)cnn1C. The van der Waals surface area contributed by atoms with Crippen molar-refractivity contribution in [3.8, 4) is 10.6 Å². The molecule has 3 N–H and O–H groups in total. The number of benzene rings is 1. The molecular formula is C20H23F2N7OS. The Morgan fingerprint density at radius 1 is 1.26 bits per heavy atom. The number of nitrogen functional groups attached to an aromatic ring is 1. The first-order valence-electron chi connectivity index (χ1n) is 9.75. The quantitative estimate of drug-likeness (QED) is 0.639. The number of aryl methyl sites for hydroxylation is 1. The number of nitrogens with zero attached hydrogens (tertiary/aromatic N) is 5. The summed E-state index contributed by atoms with van der Waals surface area (Å²) in [5, 5.41) is 7.19. The van der Waals surface area contributed by atoms with Crippen LogP contribution in [0.5, 0.6) is 0 Å². The van der Waals surface area contributed by atoms with Crippen LogP contribution in [-0.2, 0) is 7.05 Å². The number of likely N-dealkylation sites (N-methyl/N-ethyl adjacent to an activating group) is 1. The van der Waals surface area contributed by atoms with Gasteiger partial charge in [-0.2, -0.15) is 5.10 Å². The molecule has 1 fully saturated rings. The molecule has 3 heterocycles. The van der Waals surface area contributed by atoms with Gasteiger partial charge in [-0.25, -0.2) is 13.8 Å². The number of hydrogen-bond donors (Lipinski definition) is 2. The second-order valence-corrected chi connectivity index (χ2v) is 8.62. The van der Waals surface area contributed by atoms with Crippen molar-refractivity contribution in [3.63, 3.8) is 0 Å². The van der Waals surface area contributed by atoms with Gasteiger partial charge in [0, 0.05) is 32.7 Å². The average molecular weight is 448 g/mol. The van der Waals surface area contributed by atoms with Crippen molar-refractivity contribution in [1.82, 2.24) is 19.7 Å². The molecule has 0 bridgehead atoms. The molecule has 1 saturated heterocycles. The van der Waals surface area contributed by atoms with Gasteiger partial charge in [-0.15, -0.1) is 0 Å². The van der Waals surface area contributed by atoms with Gasteiger partial charge in [-0.05, 0) is 26.1 Å². The van der Waals surface area contributed by atoms with Crippen LogP contribution in [0, 0.1) is 11.6 Å². The number of halogens is 2. The summed E-state index contributed by atoms with van der Waals surface area (Å²) in [5.41, 5.74) is 6.11. The third-order valence-electron chi connectivity index (χ3n) is 5.30. The highest BCUT2D eigenvalue weighted by molar-refractivity contribution is 7.19. The summed E-state index contributed by atoms with van der Waals surface area (Å²) in [6.07, 6.45) is 1.57. The summed E-state index contributed by atoms with van der Waals surface area (Å²) >= 11 is 0.862. The van der Waals surface area contributed by atoms with Gasteiger partial charge in [0.15, 0.2) is 11.5 Å². The Labute approximate surface area is 182 Å². The molecule has 0 aliphatic carbocycles. The molecule has 0 unspecified atom stereocenters. The third kappa shape index (κ3) is 3.98. The molecule has 1 atom stereocenters. The van der Waals surface area contributed by atoms with E-state index in [0.29, 0.717) is 5.69 Å². The highest BCUT2D eigenvalue weighted by Crippen LogP contribution is 2.34. The molecule has 2 aromatic heterocycles. The molecule has 4 rings (SSSR count). The van der Waals surface area contributed by atoms with Crippen molar-refractivity contribution < 1.29 is 13.6 Å². The molecule has 11 heteroatoms. The number of rotatable bonds is 4. The summed E-state index contributed by atoms with van der Waals surface area (Å²) in [7, 11) is 3.88. The van der Waals surface area contributed by atoms with Crippen LogP contribution in [0.25, 0.3) is 10.6 Å². The van der Waals surface area contributed by atoms with E-state index in [0.717, 1.165) is 48.9 Å². The summed E-state index contributed by atoms with van der Waals surface area (Å²) in [5.74, 6) is -1.31. The minimum atomic E-state index is -0.765. The van der Waals surface area contributed by atoms with Crippen LogP contribution in [0.4, 0.5) is 25.3 Å². The standard InChI is InChI=1S/C20H23F2N7OS/c1-11-10-27(2)7-8-29(11)20-14(9-24-28(20)3)25-18(30)16-17(23)31-19(26-16)15-12(21)5-4-6-13(15)22/h4-6,9,11H,7-8,10,23H2,1-3H3,(H,25,30)/t11-/m0/s1. The van der Waals surface area contributed by atoms with Crippen LogP contribution in [-0.4, -0.2) is 58.3 Å². The minimum absolute atomic E-state index is 0.0114. The second-order valence-electron chi connectivity index (χ2n) is 7.59. The Morgan fingerprint density at radius 3 is 2.65 bits per heavy atom. The Morgan fingerprint density at radius 2 is 1.97 bits per heavy atom. The van der Waals surface area contributed by atoms with E-state index < -0.39 is 17.5 Å².